The van der Waals surface area contributed by atoms with Crippen molar-refractivity contribution in [1.29, 1.82) is 0 Å². The smallest absolute Gasteiger partial charge is 0.273 e. The quantitative estimate of drug-likeness (QED) is 0.276. The van der Waals surface area contributed by atoms with Gasteiger partial charge in [0.1, 0.15) is 28.9 Å². The van der Waals surface area contributed by atoms with E-state index in [1.54, 1.807) is 18.2 Å². The molecule has 6 aromatic rings. The zero-order valence-corrected chi connectivity index (χ0v) is 21.2. The van der Waals surface area contributed by atoms with E-state index in [-0.39, 0.29) is 20.6 Å². The van der Waals surface area contributed by atoms with E-state index in [1.165, 1.54) is 22.5 Å². The van der Waals surface area contributed by atoms with Gasteiger partial charge in [0, 0.05) is 0 Å². The second kappa shape index (κ2) is 9.24. The molecule has 6 rings (SSSR count). The molecule has 0 aliphatic carbocycles. The Hall–Kier alpha value is -4.27. The van der Waals surface area contributed by atoms with Gasteiger partial charge in [-0.1, -0.05) is 28.9 Å². The van der Waals surface area contributed by atoms with Gasteiger partial charge < -0.3 is 5.32 Å². The SMILES string of the molecule is O=S(=O)(Nc1ccc(F)c(Nc2ncnc3ccc(-n4nnc5ccccc54)nc23)c1F)c1sccc1Cl. The number of halogens is 3. The average molecular weight is 571 g/mol. The van der Waals surface area contributed by atoms with Crippen molar-refractivity contribution in [2.45, 2.75) is 4.21 Å². The first-order valence-corrected chi connectivity index (χ1v) is 13.5. The molecule has 2 aromatic carbocycles. The molecule has 0 bridgehead atoms. The fourth-order valence-corrected chi connectivity index (χ4v) is 6.45. The number of para-hydroxylation sites is 1. The highest BCUT2D eigenvalue weighted by atomic mass is 35.5. The van der Waals surface area contributed by atoms with Crippen molar-refractivity contribution >= 4 is 72.2 Å². The number of fused-ring (bicyclic) bond motifs is 2. The number of rotatable bonds is 6. The minimum absolute atomic E-state index is 0.0135. The fourth-order valence-electron chi connectivity index (χ4n) is 3.70. The third-order valence-electron chi connectivity index (χ3n) is 5.44. The first-order valence-electron chi connectivity index (χ1n) is 10.8. The van der Waals surface area contributed by atoms with Crippen LogP contribution in [0.25, 0.3) is 27.9 Å². The van der Waals surface area contributed by atoms with Crippen LogP contribution in [0.5, 0.6) is 0 Å². The van der Waals surface area contributed by atoms with E-state index in [1.807, 2.05) is 18.2 Å². The van der Waals surface area contributed by atoms with Gasteiger partial charge in [-0.2, -0.15) is 4.68 Å². The van der Waals surface area contributed by atoms with E-state index < -0.39 is 33.0 Å². The predicted octanol–water partition coefficient (Wildman–Crippen LogP) is 5.30. The number of pyridine rings is 1. The molecule has 38 heavy (non-hydrogen) atoms. The van der Waals surface area contributed by atoms with Gasteiger partial charge >= 0.3 is 0 Å². The van der Waals surface area contributed by atoms with Crippen LogP contribution in [0.15, 0.2) is 70.5 Å². The van der Waals surface area contributed by atoms with Crippen LogP contribution in [0.1, 0.15) is 0 Å². The van der Waals surface area contributed by atoms with Crippen molar-refractivity contribution in [1.82, 2.24) is 29.9 Å². The molecule has 0 aliphatic rings. The minimum Gasteiger partial charge on any atom is -0.333 e. The Morgan fingerprint density at radius 3 is 2.63 bits per heavy atom. The Morgan fingerprint density at radius 1 is 0.974 bits per heavy atom. The number of anilines is 3. The van der Waals surface area contributed by atoms with Crippen molar-refractivity contribution in [3.63, 3.8) is 0 Å². The summed E-state index contributed by atoms with van der Waals surface area (Å²) in [5, 5.41) is 12.3. The van der Waals surface area contributed by atoms with Crippen molar-refractivity contribution in [2.75, 3.05) is 10.0 Å². The van der Waals surface area contributed by atoms with Gasteiger partial charge in [0.2, 0.25) is 0 Å². The first kappa shape index (κ1) is 24.1. The number of thiophene rings is 1. The van der Waals surface area contributed by atoms with Crippen LogP contribution in [0.2, 0.25) is 5.02 Å². The van der Waals surface area contributed by atoms with Gasteiger partial charge in [-0.25, -0.2) is 32.2 Å². The third-order valence-corrected chi connectivity index (χ3v) is 8.83. The average Bonchev–Trinajstić information content (AvgIpc) is 3.55. The lowest BCUT2D eigenvalue weighted by Crippen LogP contribution is -2.14. The second-order valence-corrected chi connectivity index (χ2v) is 11.0. The molecule has 0 spiro atoms. The lowest BCUT2D eigenvalue weighted by atomic mass is 10.2. The van der Waals surface area contributed by atoms with Gasteiger partial charge in [-0.15, -0.1) is 16.4 Å². The zero-order chi connectivity index (χ0) is 26.4. The van der Waals surface area contributed by atoms with E-state index >= 15 is 4.39 Å². The number of benzene rings is 2. The highest BCUT2D eigenvalue weighted by molar-refractivity contribution is 7.94. The Bertz CT molecular complexity index is 1960. The maximum atomic E-state index is 15.4. The Balaban J connectivity index is 1.40. The molecule has 190 valence electrons. The van der Waals surface area contributed by atoms with E-state index in [9.17, 15) is 12.8 Å². The largest absolute Gasteiger partial charge is 0.333 e. The number of nitrogens with zero attached hydrogens (tertiary/aromatic N) is 6. The molecule has 0 atom stereocenters. The van der Waals surface area contributed by atoms with Crippen LogP contribution < -0.4 is 10.0 Å². The van der Waals surface area contributed by atoms with E-state index in [4.69, 9.17) is 11.6 Å². The molecule has 2 N–H and O–H groups in total. The maximum Gasteiger partial charge on any atom is 0.273 e. The van der Waals surface area contributed by atoms with Crippen molar-refractivity contribution in [2.24, 2.45) is 0 Å². The monoisotopic (exact) mass is 570 g/mol. The lowest BCUT2D eigenvalue weighted by molar-refractivity contribution is 0.589. The molecule has 10 nitrogen and oxygen atoms in total. The Labute approximate surface area is 222 Å². The van der Waals surface area contributed by atoms with Crippen molar-refractivity contribution < 1.29 is 17.2 Å². The lowest BCUT2D eigenvalue weighted by Gasteiger charge is -2.14. The third kappa shape index (κ3) is 4.17. The summed E-state index contributed by atoms with van der Waals surface area (Å²) in [4.78, 5) is 12.8. The standard InChI is InChI=1S/C23H13ClF2N8O2S2/c24-12-9-10-37-23(12)38(35,36)32-15-6-5-13(25)20(19(15)26)30-22-21-16(27-11-28-22)7-8-18(29-21)34-17-4-2-1-3-14(17)31-33-34/h1-11,32H,(H,27,28,30). The van der Waals surface area contributed by atoms with E-state index in [0.29, 0.717) is 22.4 Å². The molecule has 4 aromatic heterocycles. The van der Waals surface area contributed by atoms with Crippen LogP contribution in [-0.4, -0.2) is 38.4 Å². The van der Waals surface area contributed by atoms with Crippen LogP contribution in [0.4, 0.5) is 26.0 Å². The molecule has 0 aliphatic heterocycles. The fraction of sp³-hybridized carbons (Fsp3) is 0. The number of sulfonamides is 1. The molecule has 4 heterocycles. The molecular weight excluding hydrogens is 558 g/mol. The summed E-state index contributed by atoms with van der Waals surface area (Å²) in [7, 11) is -4.22. The summed E-state index contributed by atoms with van der Waals surface area (Å²) < 4.78 is 59.0. The molecule has 0 saturated heterocycles. The van der Waals surface area contributed by atoms with Crippen LogP contribution in [0.3, 0.4) is 0 Å². The van der Waals surface area contributed by atoms with Crippen LogP contribution in [0, 0.1) is 11.6 Å². The minimum atomic E-state index is -4.22. The molecule has 0 unspecified atom stereocenters. The van der Waals surface area contributed by atoms with Crippen molar-refractivity contribution in [3.05, 3.63) is 83.0 Å². The maximum absolute atomic E-state index is 15.4. The first-order chi connectivity index (χ1) is 18.3. The van der Waals surface area contributed by atoms with Gasteiger partial charge in [-0.05, 0) is 47.8 Å². The van der Waals surface area contributed by atoms with E-state index in [0.717, 1.165) is 23.5 Å². The Kier molecular flexibility index (Phi) is 5.86. The summed E-state index contributed by atoms with van der Waals surface area (Å²) in [6, 6.07) is 13.9. The second-order valence-electron chi connectivity index (χ2n) is 7.82. The number of nitrogens with one attached hydrogen (secondary N) is 2. The number of hydrogen-bond acceptors (Lipinski definition) is 9. The number of hydrogen-bond donors (Lipinski definition) is 2. The highest BCUT2D eigenvalue weighted by Crippen LogP contribution is 2.33. The van der Waals surface area contributed by atoms with Gasteiger partial charge in [-0.3, -0.25) is 4.72 Å². The topological polar surface area (TPSA) is 128 Å². The molecule has 0 fully saturated rings. The molecule has 0 radical (unpaired) electrons. The molecule has 0 saturated carbocycles. The van der Waals surface area contributed by atoms with Gasteiger partial charge in [0.25, 0.3) is 10.0 Å². The summed E-state index contributed by atoms with van der Waals surface area (Å²) in [6.45, 7) is 0. The zero-order valence-electron chi connectivity index (χ0n) is 18.8. The summed E-state index contributed by atoms with van der Waals surface area (Å²) >= 11 is 6.79. The Morgan fingerprint density at radius 2 is 1.82 bits per heavy atom. The molecular formula is C23H13ClF2N8O2S2. The van der Waals surface area contributed by atoms with E-state index in [2.05, 4.69) is 35.3 Å². The molecule has 0 amide bonds. The molecule has 15 heteroatoms. The van der Waals surface area contributed by atoms with Gasteiger partial charge in [0.05, 0.1) is 21.7 Å². The van der Waals surface area contributed by atoms with Gasteiger partial charge in [0.15, 0.2) is 21.7 Å². The predicted molar refractivity (Wildman–Crippen MR) is 140 cm³/mol. The summed E-state index contributed by atoms with van der Waals surface area (Å²) in [5.41, 5.74) is 0.818. The number of aromatic nitrogens is 6. The van der Waals surface area contributed by atoms with Crippen LogP contribution in [-0.2, 0) is 10.0 Å². The highest BCUT2D eigenvalue weighted by Gasteiger charge is 2.24. The normalized spacial score (nSPS) is 11.8. The summed E-state index contributed by atoms with van der Waals surface area (Å²) in [5.74, 6) is -1.81. The van der Waals surface area contributed by atoms with Crippen molar-refractivity contribution in [3.8, 4) is 5.82 Å². The van der Waals surface area contributed by atoms with Crippen LogP contribution >= 0.6 is 22.9 Å². The summed E-state index contributed by atoms with van der Waals surface area (Å²) in [6.07, 6.45) is 1.21.